The first-order chi connectivity index (χ1) is 12.5. The minimum absolute atomic E-state index is 0.121. The molecule has 27 heavy (non-hydrogen) atoms. The lowest BCUT2D eigenvalue weighted by Gasteiger charge is -2.26. The molecule has 0 unspecified atom stereocenters. The molecule has 2 aromatic rings. The third-order valence-electron chi connectivity index (χ3n) is 5.85. The lowest BCUT2D eigenvalue weighted by Crippen LogP contribution is -2.16. The van der Waals surface area contributed by atoms with Crippen molar-refractivity contribution >= 4 is 16.5 Å². The molecule has 1 aromatic heterocycles. The lowest BCUT2D eigenvalue weighted by atomic mass is 9.79. The molecule has 1 aromatic carbocycles. The van der Waals surface area contributed by atoms with Crippen molar-refractivity contribution in [3.05, 3.63) is 35.0 Å². The summed E-state index contributed by atoms with van der Waals surface area (Å²) >= 11 is 1.66. The van der Waals surface area contributed by atoms with Crippen molar-refractivity contribution in [2.45, 2.75) is 90.9 Å². The van der Waals surface area contributed by atoms with Crippen LogP contribution in [0, 0.1) is 5.92 Å². The van der Waals surface area contributed by atoms with Gasteiger partial charge < -0.3 is 5.73 Å². The van der Waals surface area contributed by atoms with Crippen molar-refractivity contribution in [3.63, 3.8) is 0 Å². The Hall–Kier alpha value is -1.35. The SMILES string of the molecule is CC(C)(C)c1cc(-c2sc(N)nc2CC2CCCCC2)cc(C(C)(C)C)c1. The molecular formula is C24H36N2S. The number of hydrogen-bond donors (Lipinski definition) is 1. The largest absolute Gasteiger partial charge is 0.375 e. The van der Waals surface area contributed by atoms with Gasteiger partial charge in [-0.15, -0.1) is 0 Å². The van der Waals surface area contributed by atoms with Crippen LogP contribution in [0.3, 0.4) is 0 Å². The standard InChI is InChI=1S/C24H36N2S/c1-23(2,3)18-13-17(14-19(15-18)24(4,5)6)21-20(26-22(25)27-21)12-16-10-8-7-9-11-16/h13-16H,7-12H2,1-6H3,(H2,25,26). The number of benzene rings is 1. The summed E-state index contributed by atoms with van der Waals surface area (Å²) in [7, 11) is 0. The average Bonchev–Trinajstić information content (AvgIpc) is 2.94. The van der Waals surface area contributed by atoms with Crippen LogP contribution in [0.15, 0.2) is 18.2 Å². The maximum Gasteiger partial charge on any atom is 0.180 e. The molecule has 0 spiro atoms. The highest BCUT2D eigenvalue weighted by atomic mass is 32.1. The van der Waals surface area contributed by atoms with Gasteiger partial charge >= 0.3 is 0 Å². The normalized spacial score (nSPS) is 16.7. The Balaban J connectivity index is 2.05. The first-order valence-electron chi connectivity index (χ1n) is 10.5. The van der Waals surface area contributed by atoms with Crippen LogP contribution in [0.5, 0.6) is 0 Å². The van der Waals surface area contributed by atoms with Gasteiger partial charge in [-0.2, -0.15) is 0 Å². The van der Waals surface area contributed by atoms with E-state index < -0.39 is 0 Å². The Labute approximate surface area is 169 Å². The number of aromatic nitrogens is 1. The van der Waals surface area contributed by atoms with E-state index in [4.69, 9.17) is 10.7 Å². The summed E-state index contributed by atoms with van der Waals surface area (Å²) in [5, 5.41) is 0.703. The van der Waals surface area contributed by atoms with Gasteiger partial charge in [0, 0.05) is 0 Å². The second-order valence-electron chi connectivity index (χ2n) is 10.3. The number of rotatable bonds is 3. The molecule has 2 nitrogen and oxygen atoms in total. The molecule has 0 saturated heterocycles. The topological polar surface area (TPSA) is 38.9 Å². The van der Waals surface area contributed by atoms with Crippen LogP contribution in [0.1, 0.15) is 90.5 Å². The summed E-state index contributed by atoms with van der Waals surface area (Å²) < 4.78 is 0. The highest BCUT2D eigenvalue weighted by Gasteiger charge is 2.24. The third kappa shape index (κ3) is 4.93. The second-order valence-corrected chi connectivity index (χ2v) is 11.4. The van der Waals surface area contributed by atoms with Crippen LogP contribution in [0.25, 0.3) is 10.4 Å². The van der Waals surface area contributed by atoms with Gasteiger partial charge in [0.15, 0.2) is 5.13 Å². The Morgan fingerprint density at radius 3 is 2.00 bits per heavy atom. The van der Waals surface area contributed by atoms with E-state index in [1.54, 1.807) is 11.3 Å². The first-order valence-corrected chi connectivity index (χ1v) is 11.3. The van der Waals surface area contributed by atoms with Crippen LogP contribution < -0.4 is 5.73 Å². The maximum atomic E-state index is 6.18. The van der Waals surface area contributed by atoms with Crippen molar-refractivity contribution in [3.8, 4) is 10.4 Å². The molecule has 1 fully saturated rings. The fourth-order valence-electron chi connectivity index (χ4n) is 4.02. The van der Waals surface area contributed by atoms with E-state index in [2.05, 4.69) is 59.7 Å². The number of hydrogen-bond acceptors (Lipinski definition) is 3. The van der Waals surface area contributed by atoms with E-state index >= 15 is 0 Å². The Kier molecular flexibility index (Phi) is 5.72. The van der Waals surface area contributed by atoms with Crippen LogP contribution >= 0.6 is 11.3 Å². The fraction of sp³-hybridized carbons (Fsp3) is 0.625. The molecule has 1 aliphatic carbocycles. The first kappa shape index (κ1) is 20.4. The van der Waals surface area contributed by atoms with E-state index in [1.165, 1.54) is 59.4 Å². The maximum absolute atomic E-state index is 6.18. The Morgan fingerprint density at radius 2 is 1.48 bits per heavy atom. The minimum Gasteiger partial charge on any atom is -0.375 e. The predicted molar refractivity (Wildman–Crippen MR) is 120 cm³/mol. The monoisotopic (exact) mass is 384 g/mol. The van der Waals surface area contributed by atoms with Crippen LogP contribution in [0.4, 0.5) is 5.13 Å². The number of nitrogens with two attached hydrogens (primary N) is 1. The molecule has 3 rings (SSSR count). The van der Waals surface area contributed by atoms with Gasteiger partial charge in [0.2, 0.25) is 0 Å². The summed E-state index contributed by atoms with van der Waals surface area (Å²) in [4.78, 5) is 6.05. The zero-order chi connectivity index (χ0) is 19.8. The summed E-state index contributed by atoms with van der Waals surface area (Å²) in [5.41, 5.74) is 11.7. The fourth-order valence-corrected chi connectivity index (χ4v) is 4.87. The zero-order valence-corrected chi connectivity index (χ0v) is 18.8. The molecule has 1 saturated carbocycles. The van der Waals surface area contributed by atoms with Gasteiger partial charge in [-0.3, -0.25) is 0 Å². The predicted octanol–water partition coefficient (Wildman–Crippen LogP) is 7.11. The quantitative estimate of drug-likeness (QED) is 0.612. The Morgan fingerprint density at radius 1 is 0.926 bits per heavy atom. The van der Waals surface area contributed by atoms with Gasteiger partial charge in [0.05, 0.1) is 10.6 Å². The van der Waals surface area contributed by atoms with Crippen LogP contribution in [-0.2, 0) is 17.3 Å². The molecule has 3 heteroatoms. The lowest BCUT2D eigenvalue weighted by molar-refractivity contribution is 0.355. The highest BCUT2D eigenvalue weighted by molar-refractivity contribution is 7.18. The molecule has 0 amide bonds. The molecular weight excluding hydrogens is 348 g/mol. The van der Waals surface area contributed by atoms with E-state index in [9.17, 15) is 0 Å². The number of thiazole rings is 1. The van der Waals surface area contributed by atoms with Crippen molar-refractivity contribution in [2.24, 2.45) is 5.92 Å². The van der Waals surface area contributed by atoms with Gasteiger partial charge in [0.25, 0.3) is 0 Å². The minimum atomic E-state index is 0.121. The van der Waals surface area contributed by atoms with E-state index in [0.29, 0.717) is 5.13 Å². The van der Waals surface area contributed by atoms with Gasteiger partial charge in [-0.1, -0.05) is 91.0 Å². The number of nitrogen functional groups attached to an aromatic ring is 1. The molecule has 1 heterocycles. The van der Waals surface area contributed by atoms with Gasteiger partial charge in [0.1, 0.15) is 0 Å². The van der Waals surface area contributed by atoms with Gasteiger partial charge in [-0.05, 0) is 52.0 Å². The zero-order valence-electron chi connectivity index (χ0n) is 18.0. The highest BCUT2D eigenvalue weighted by Crippen LogP contribution is 2.39. The smallest absolute Gasteiger partial charge is 0.180 e. The molecule has 1 aliphatic rings. The van der Waals surface area contributed by atoms with Crippen molar-refractivity contribution in [2.75, 3.05) is 5.73 Å². The van der Waals surface area contributed by atoms with Crippen LogP contribution in [0.2, 0.25) is 0 Å². The molecule has 2 N–H and O–H groups in total. The third-order valence-corrected chi connectivity index (χ3v) is 6.82. The van der Waals surface area contributed by atoms with Crippen molar-refractivity contribution in [1.82, 2.24) is 4.98 Å². The number of nitrogens with zero attached hydrogens (tertiary/aromatic N) is 1. The van der Waals surface area contributed by atoms with Crippen molar-refractivity contribution < 1.29 is 0 Å². The van der Waals surface area contributed by atoms with Gasteiger partial charge in [-0.25, -0.2) is 4.98 Å². The van der Waals surface area contributed by atoms with E-state index in [1.807, 2.05) is 0 Å². The molecule has 0 bridgehead atoms. The van der Waals surface area contributed by atoms with E-state index in [-0.39, 0.29) is 10.8 Å². The second kappa shape index (κ2) is 7.58. The van der Waals surface area contributed by atoms with Crippen LogP contribution in [-0.4, -0.2) is 4.98 Å². The van der Waals surface area contributed by atoms with E-state index in [0.717, 1.165) is 12.3 Å². The summed E-state index contributed by atoms with van der Waals surface area (Å²) in [6, 6.07) is 7.12. The molecule has 0 aliphatic heterocycles. The molecule has 0 radical (unpaired) electrons. The molecule has 0 atom stereocenters. The summed E-state index contributed by atoms with van der Waals surface area (Å²) in [5.74, 6) is 0.770. The van der Waals surface area contributed by atoms with Crippen molar-refractivity contribution in [1.29, 1.82) is 0 Å². The Bertz CT molecular complexity index is 751. The summed E-state index contributed by atoms with van der Waals surface area (Å²) in [6.07, 6.45) is 7.89. The average molecular weight is 385 g/mol. The molecule has 148 valence electrons. The summed E-state index contributed by atoms with van der Waals surface area (Å²) in [6.45, 7) is 13.8. The number of anilines is 1.